The van der Waals surface area contributed by atoms with Crippen LogP contribution in [0.3, 0.4) is 0 Å². The van der Waals surface area contributed by atoms with Crippen LogP contribution in [0.15, 0.2) is 6.33 Å². The van der Waals surface area contributed by atoms with Crippen molar-refractivity contribution in [3.05, 3.63) is 12.2 Å². The molecule has 64 valence electrons. The van der Waals surface area contributed by atoms with Crippen molar-refractivity contribution in [2.45, 2.75) is 12.6 Å². The maximum atomic E-state index is 9.17. The molecule has 0 aliphatic carbocycles. The molecule has 1 atom stereocenters. The Bertz CT molecular complexity index is 292. The van der Waals surface area contributed by atoms with Crippen molar-refractivity contribution in [3.8, 4) is 6.07 Å². The molecule has 1 rings (SSSR count). The highest BCUT2D eigenvalue weighted by molar-refractivity contribution is 9.09. The first kappa shape index (κ1) is 9.16. The van der Waals surface area contributed by atoms with E-state index in [1.165, 1.54) is 11.0 Å². The molecule has 0 spiro atoms. The molecular formula is C6H7BrN4O. The van der Waals surface area contributed by atoms with Crippen molar-refractivity contribution >= 4 is 15.9 Å². The number of alkyl halides is 1. The molecule has 1 heterocycles. The third-order valence-corrected chi connectivity index (χ3v) is 1.96. The van der Waals surface area contributed by atoms with Crippen molar-refractivity contribution in [2.75, 3.05) is 5.33 Å². The van der Waals surface area contributed by atoms with Gasteiger partial charge in [-0.3, -0.25) is 0 Å². The van der Waals surface area contributed by atoms with Gasteiger partial charge in [0, 0.05) is 5.33 Å². The summed E-state index contributed by atoms with van der Waals surface area (Å²) in [5.41, 5.74) is 0. The Balaban J connectivity index is 2.59. The smallest absolute Gasteiger partial charge is 0.252 e. The molecule has 0 bridgehead atoms. The Morgan fingerprint density at radius 1 is 1.83 bits per heavy atom. The molecule has 0 saturated carbocycles. The Hall–Kier alpha value is -0.930. The average molecular weight is 231 g/mol. The van der Waals surface area contributed by atoms with E-state index in [-0.39, 0.29) is 5.82 Å². The van der Waals surface area contributed by atoms with E-state index in [0.717, 1.165) is 0 Å². The highest BCUT2D eigenvalue weighted by atomic mass is 79.9. The van der Waals surface area contributed by atoms with Crippen LogP contribution in [0.25, 0.3) is 0 Å². The van der Waals surface area contributed by atoms with Gasteiger partial charge < -0.3 is 5.11 Å². The number of aliphatic hydroxyl groups is 1. The average Bonchev–Trinajstić information content (AvgIpc) is 2.52. The van der Waals surface area contributed by atoms with Gasteiger partial charge in [0.2, 0.25) is 0 Å². The predicted molar refractivity (Wildman–Crippen MR) is 44.5 cm³/mol. The summed E-state index contributed by atoms with van der Waals surface area (Å²) in [6, 6.07) is 1.80. The van der Waals surface area contributed by atoms with E-state index < -0.39 is 6.10 Å². The second-order valence-electron chi connectivity index (χ2n) is 2.21. The molecule has 1 aromatic rings. The second-order valence-corrected chi connectivity index (χ2v) is 2.86. The first-order valence-corrected chi connectivity index (χ1v) is 4.42. The fourth-order valence-electron chi connectivity index (χ4n) is 0.699. The number of aliphatic hydroxyl groups excluding tert-OH is 1. The van der Waals surface area contributed by atoms with Gasteiger partial charge in [0.25, 0.3) is 5.82 Å². The van der Waals surface area contributed by atoms with Gasteiger partial charge in [0.15, 0.2) is 0 Å². The van der Waals surface area contributed by atoms with Gasteiger partial charge >= 0.3 is 0 Å². The number of nitrogens with zero attached hydrogens (tertiary/aromatic N) is 4. The van der Waals surface area contributed by atoms with E-state index in [2.05, 4.69) is 26.0 Å². The van der Waals surface area contributed by atoms with Gasteiger partial charge in [-0.1, -0.05) is 15.9 Å². The van der Waals surface area contributed by atoms with Crippen LogP contribution >= 0.6 is 15.9 Å². The van der Waals surface area contributed by atoms with E-state index in [4.69, 9.17) is 5.26 Å². The minimum absolute atomic E-state index is 0.122. The number of rotatable bonds is 3. The maximum absolute atomic E-state index is 9.17. The van der Waals surface area contributed by atoms with Crippen molar-refractivity contribution < 1.29 is 5.11 Å². The summed E-state index contributed by atoms with van der Waals surface area (Å²) in [4.78, 5) is 3.69. The molecule has 0 aliphatic rings. The van der Waals surface area contributed by atoms with Crippen molar-refractivity contribution in [1.29, 1.82) is 5.26 Å². The van der Waals surface area contributed by atoms with Gasteiger partial charge in [-0.25, -0.2) is 9.67 Å². The zero-order chi connectivity index (χ0) is 8.97. The Morgan fingerprint density at radius 2 is 2.58 bits per heavy atom. The van der Waals surface area contributed by atoms with Crippen LogP contribution in [-0.4, -0.2) is 31.3 Å². The zero-order valence-electron chi connectivity index (χ0n) is 6.18. The molecule has 0 saturated heterocycles. The highest BCUT2D eigenvalue weighted by Crippen LogP contribution is 1.95. The van der Waals surface area contributed by atoms with Crippen LogP contribution in [0, 0.1) is 11.3 Å². The lowest BCUT2D eigenvalue weighted by atomic mass is 10.4. The Morgan fingerprint density at radius 3 is 3.08 bits per heavy atom. The van der Waals surface area contributed by atoms with Gasteiger partial charge in [0.1, 0.15) is 12.4 Å². The summed E-state index contributed by atoms with van der Waals surface area (Å²) in [7, 11) is 0. The Labute approximate surface area is 77.8 Å². The molecule has 0 aliphatic heterocycles. The van der Waals surface area contributed by atoms with Crippen molar-refractivity contribution in [1.82, 2.24) is 14.8 Å². The molecule has 1 N–H and O–H groups in total. The van der Waals surface area contributed by atoms with Crippen molar-refractivity contribution in [2.24, 2.45) is 0 Å². The van der Waals surface area contributed by atoms with E-state index in [1.54, 1.807) is 6.07 Å². The molecule has 5 nitrogen and oxygen atoms in total. The summed E-state index contributed by atoms with van der Waals surface area (Å²) in [6.07, 6.45) is 0.919. The van der Waals surface area contributed by atoms with Crippen LogP contribution < -0.4 is 0 Å². The molecule has 1 unspecified atom stereocenters. The molecule has 0 radical (unpaired) electrons. The maximum Gasteiger partial charge on any atom is 0.252 e. The number of hydrogen-bond acceptors (Lipinski definition) is 4. The minimum Gasteiger partial charge on any atom is -0.390 e. The largest absolute Gasteiger partial charge is 0.390 e. The summed E-state index contributed by atoms with van der Waals surface area (Å²) in [5.74, 6) is 0.122. The molecule has 12 heavy (non-hydrogen) atoms. The second kappa shape index (κ2) is 4.18. The third kappa shape index (κ3) is 2.29. The topological polar surface area (TPSA) is 74.7 Å². The van der Waals surface area contributed by atoms with E-state index in [9.17, 15) is 5.11 Å². The van der Waals surface area contributed by atoms with Gasteiger partial charge in [-0.2, -0.15) is 5.26 Å². The lowest BCUT2D eigenvalue weighted by Gasteiger charge is -2.04. The first-order chi connectivity index (χ1) is 5.76. The first-order valence-electron chi connectivity index (χ1n) is 3.30. The predicted octanol–water partition coefficient (Wildman–Crippen LogP) is -0.0944. The van der Waals surface area contributed by atoms with Gasteiger partial charge in [0.05, 0.1) is 12.6 Å². The normalized spacial score (nSPS) is 12.4. The zero-order valence-corrected chi connectivity index (χ0v) is 7.77. The van der Waals surface area contributed by atoms with E-state index in [1.807, 2.05) is 0 Å². The third-order valence-electron chi connectivity index (χ3n) is 1.21. The summed E-state index contributed by atoms with van der Waals surface area (Å²) < 4.78 is 1.44. The SMILES string of the molecule is N#Cc1ncn(CC(O)CBr)n1. The molecule has 6 heteroatoms. The highest BCUT2D eigenvalue weighted by Gasteiger charge is 2.04. The monoisotopic (exact) mass is 230 g/mol. The quantitative estimate of drug-likeness (QED) is 0.737. The fourth-order valence-corrected chi connectivity index (χ4v) is 0.903. The van der Waals surface area contributed by atoms with Crippen LogP contribution in [0.5, 0.6) is 0 Å². The van der Waals surface area contributed by atoms with Gasteiger partial charge in [-0.15, -0.1) is 5.10 Å². The van der Waals surface area contributed by atoms with Crippen LogP contribution in [0.4, 0.5) is 0 Å². The van der Waals surface area contributed by atoms with Gasteiger partial charge in [-0.05, 0) is 0 Å². The van der Waals surface area contributed by atoms with E-state index in [0.29, 0.717) is 11.9 Å². The lowest BCUT2D eigenvalue weighted by Crippen LogP contribution is -2.17. The Kier molecular flexibility index (Phi) is 3.19. The van der Waals surface area contributed by atoms with Crippen LogP contribution in [0.2, 0.25) is 0 Å². The van der Waals surface area contributed by atoms with Crippen LogP contribution in [0.1, 0.15) is 5.82 Å². The number of halogens is 1. The lowest BCUT2D eigenvalue weighted by molar-refractivity contribution is 0.174. The molecule has 0 amide bonds. The number of nitriles is 1. The van der Waals surface area contributed by atoms with Crippen LogP contribution in [-0.2, 0) is 6.54 Å². The van der Waals surface area contributed by atoms with Crippen molar-refractivity contribution in [3.63, 3.8) is 0 Å². The molecule has 0 aromatic carbocycles. The fraction of sp³-hybridized carbons (Fsp3) is 0.500. The van der Waals surface area contributed by atoms with E-state index >= 15 is 0 Å². The standard InChI is InChI=1S/C6H7BrN4O/c7-1-5(12)3-11-4-9-6(2-8)10-11/h4-5,12H,1,3H2. The summed E-state index contributed by atoms with van der Waals surface area (Å²) >= 11 is 3.12. The summed E-state index contributed by atoms with van der Waals surface area (Å²) in [6.45, 7) is 0.347. The summed E-state index contributed by atoms with van der Waals surface area (Å²) in [5, 5.41) is 21.8. The number of hydrogen-bond donors (Lipinski definition) is 1. The minimum atomic E-state index is -0.502. The number of aromatic nitrogens is 3. The molecule has 1 aromatic heterocycles. The molecular weight excluding hydrogens is 224 g/mol. The molecule has 0 fully saturated rings.